The zero-order valence-corrected chi connectivity index (χ0v) is 15.6. The van der Waals surface area contributed by atoms with Crippen molar-refractivity contribution in [1.82, 2.24) is 4.98 Å². The smallest absolute Gasteiger partial charge is 0.258 e. The Morgan fingerprint density at radius 1 is 0.893 bits per heavy atom. The minimum Gasteiger partial charge on any atom is -0.258 e. The molecule has 4 rings (SSSR count). The molecule has 138 valence electrons. The molecular formula is C24H20N2O2. The lowest BCUT2D eigenvalue weighted by atomic mass is 9.89. The Bertz CT molecular complexity index is 1140. The summed E-state index contributed by atoms with van der Waals surface area (Å²) in [4.78, 5) is 16.0. The molecule has 0 fully saturated rings. The highest BCUT2D eigenvalue weighted by molar-refractivity contribution is 6.00. The van der Waals surface area contributed by atoms with Gasteiger partial charge in [-0.05, 0) is 29.2 Å². The van der Waals surface area contributed by atoms with Crippen LogP contribution in [0.5, 0.6) is 0 Å². The van der Waals surface area contributed by atoms with Crippen molar-refractivity contribution in [2.75, 3.05) is 0 Å². The maximum absolute atomic E-state index is 11.4. The summed E-state index contributed by atoms with van der Waals surface area (Å²) in [5, 5.41) is 12.2. The Morgan fingerprint density at radius 2 is 1.54 bits per heavy atom. The van der Waals surface area contributed by atoms with Crippen molar-refractivity contribution in [3.8, 4) is 22.4 Å². The number of nitro benzene ring substituents is 1. The predicted octanol–water partition coefficient (Wildman–Crippen LogP) is 6.43. The minimum atomic E-state index is -0.348. The van der Waals surface area contributed by atoms with Gasteiger partial charge < -0.3 is 0 Å². The van der Waals surface area contributed by atoms with Gasteiger partial charge in [0.15, 0.2) is 0 Å². The number of hydrogen-bond donors (Lipinski definition) is 0. The lowest BCUT2D eigenvalue weighted by Gasteiger charge is -2.17. The topological polar surface area (TPSA) is 56.0 Å². The number of nitro groups is 1. The normalized spacial score (nSPS) is 10.9. The first-order chi connectivity index (χ1) is 13.7. The highest BCUT2D eigenvalue weighted by atomic mass is 16.6. The van der Waals surface area contributed by atoms with Gasteiger partial charge in [0.25, 0.3) is 5.69 Å². The molecular weight excluding hydrogens is 348 g/mol. The second kappa shape index (κ2) is 7.61. The largest absolute Gasteiger partial charge is 0.270 e. The van der Waals surface area contributed by atoms with Crippen LogP contribution in [0.4, 0.5) is 5.69 Å². The molecule has 0 aliphatic carbocycles. The number of hydrogen-bond acceptors (Lipinski definition) is 3. The quantitative estimate of drug-likeness (QED) is 0.301. The molecule has 28 heavy (non-hydrogen) atoms. The molecule has 0 amide bonds. The molecule has 1 aromatic heterocycles. The van der Waals surface area contributed by atoms with Crippen LogP contribution in [-0.2, 0) is 6.42 Å². The van der Waals surface area contributed by atoms with E-state index in [2.05, 4.69) is 31.2 Å². The van der Waals surface area contributed by atoms with Crippen LogP contribution in [0.3, 0.4) is 0 Å². The fourth-order valence-electron chi connectivity index (χ4n) is 3.67. The van der Waals surface area contributed by atoms with E-state index in [1.54, 1.807) is 12.1 Å². The van der Waals surface area contributed by atoms with Crippen molar-refractivity contribution in [3.63, 3.8) is 0 Å². The molecule has 0 spiro atoms. The molecule has 0 N–H and O–H groups in total. The van der Waals surface area contributed by atoms with Crippen LogP contribution in [0.1, 0.15) is 18.9 Å². The molecule has 0 saturated carbocycles. The molecule has 4 aromatic rings. The van der Waals surface area contributed by atoms with Gasteiger partial charge >= 0.3 is 0 Å². The fourth-order valence-corrected chi connectivity index (χ4v) is 3.67. The van der Waals surface area contributed by atoms with Crippen molar-refractivity contribution in [1.29, 1.82) is 0 Å². The van der Waals surface area contributed by atoms with Gasteiger partial charge in [-0.25, -0.2) is 4.98 Å². The summed E-state index contributed by atoms with van der Waals surface area (Å²) >= 11 is 0. The van der Waals surface area contributed by atoms with Crippen LogP contribution < -0.4 is 0 Å². The Hall–Kier alpha value is -3.53. The van der Waals surface area contributed by atoms with Gasteiger partial charge in [0.1, 0.15) is 0 Å². The maximum Gasteiger partial charge on any atom is 0.270 e. The summed E-state index contributed by atoms with van der Waals surface area (Å²) in [6, 6.07) is 25.2. The summed E-state index contributed by atoms with van der Waals surface area (Å²) in [6.07, 6.45) is 1.81. The molecule has 3 aromatic carbocycles. The molecule has 0 saturated heterocycles. The molecule has 1 heterocycles. The van der Waals surface area contributed by atoms with E-state index in [1.807, 2.05) is 36.4 Å². The molecule has 0 bridgehead atoms. The van der Waals surface area contributed by atoms with E-state index in [4.69, 9.17) is 4.98 Å². The third-order valence-corrected chi connectivity index (χ3v) is 4.89. The van der Waals surface area contributed by atoms with E-state index in [9.17, 15) is 10.1 Å². The molecule has 0 radical (unpaired) electrons. The van der Waals surface area contributed by atoms with Gasteiger partial charge in [0.05, 0.1) is 16.1 Å². The van der Waals surface area contributed by atoms with E-state index >= 15 is 0 Å². The first-order valence-corrected chi connectivity index (χ1v) is 9.41. The summed E-state index contributed by atoms with van der Waals surface area (Å²) in [7, 11) is 0. The zero-order valence-electron chi connectivity index (χ0n) is 15.6. The average Bonchev–Trinajstić information content (AvgIpc) is 2.74. The standard InChI is InChI=1S/C24H20N2O2/c1-2-9-20-23(17-10-5-3-6-11-17)21-16-19(26(27)28)14-15-22(21)25-24(20)18-12-7-4-8-13-18/h3-8,10-16H,2,9H2,1H3. The van der Waals surface area contributed by atoms with Gasteiger partial charge in [-0.2, -0.15) is 0 Å². The average molecular weight is 368 g/mol. The van der Waals surface area contributed by atoms with Gasteiger partial charge in [-0.15, -0.1) is 0 Å². The van der Waals surface area contributed by atoms with E-state index in [1.165, 1.54) is 6.07 Å². The molecule has 4 nitrogen and oxygen atoms in total. The highest BCUT2D eigenvalue weighted by Gasteiger charge is 2.19. The van der Waals surface area contributed by atoms with Crippen LogP contribution in [0.15, 0.2) is 78.9 Å². The number of fused-ring (bicyclic) bond motifs is 1. The minimum absolute atomic E-state index is 0.0846. The number of nitrogens with zero attached hydrogens (tertiary/aromatic N) is 2. The summed E-state index contributed by atoms with van der Waals surface area (Å²) in [5.41, 5.74) is 6.08. The van der Waals surface area contributed by atoms with Gasteiger partial charge in [0.2, 0.25) is 0 Å². The van der Waals surface area contributed by atoms with Gasteiger partial charge in [0, 0.05) is 23.1 Å². The lowest BCUT2D eigenvalue weighted by Crippen LogP contribution is -2.00. The Balaban J connectivity index is 2.13. The number of aromatic nitrogens is 1. The van der Waals surface area contributed by atoms with Crippen LogP contribution >= 0.6 is 0 Å². The van der Waals surface area contributed by atoms with Crippen LogP contribution in [0, 0.1) is 10.1 Å². The van der Waals surface area contributed by atoms with Gasteiger partial charge in [-0.3, -0.25) is 10.1 Å². The maximum atomic E-state index is 11.4. The van der Waals surface area contributed by atoms with Crippen molar-refractivity contribution < 1.29 is 4.92 Å². The van der Waals surface area contributed by atoms with Crippen molar-refractivity contribution in [2.24, 2.45) is 0 Å². The fraction of sp³-hybridized carbons (Fsp3) is 0.125. The molecule has 0 aliphatic heterocycles. The van der Waals surface area contributed by atoms with E-state index < -0.39 is 0 Å². The third kappa shape index (κ3) is 3.25. The first kappa shape index (κ1) is 17.9. The number of non-ortho nitro benzene ring substituents is 1. The molecule has 0 unspecified atom stereocenters. The SMILES string of the molecule is CCCc1c(-c2ccccc2)nc2ccc([N+](=O)[O-])cc2c1-c1ccccc1. The second-order valence-corrected chi connectivity index (χ2v) is 6.75. The molecule has 4 heteroatoms. The lowest BCUT2D eigenvalue weighted by molar-refractivity contribution is -0.384. The number of rotatable bonds is 5. The van der Waals surface area contributed by atoms with E-state index in [0.717, 1.165) is 51.7 Å². The first-order valence-electron chi connectivity index (χ1n) is 9.41. The highest BCUT2D eigenvalue weighted by Crippen LogP contribution is 2.38. The Labute approximate surface area is 163 Å². The number of benzene rings is 3. The number of pyridine rings is 1. The monoisotopic (exact) mass is 368 g/mol. The second-order valence-electron chi connectivity index (χ2n) is 6.75. The Morgan fingerprint density at radius 3 is 2.14 bits per heavy atom. The van der Waals surface area contributed by atoms with E-state index in [0.29, 0.717) is 0 Å². The predicted molar refractivity (Wildman–Crippen MR) is 113 cm³/mol. The zero-order chi connectivity index (χ0) is 19.5. The van der Waals surface area contributed by atoms with Crippen LogP contribution in [0.2, 0.25) is 0 Å². The Kier molecular flexibility index (Phi) is 4.85. The van der Waals surface area contributed by atoms with E-state index in [-0.39, 0.29) is 10.6 Å². The molecule has 0 aliphatic rings. The van der Waals surface area contributed by atoms with Crippen molar-refractivity contribution in [2.45, 2.75) is 19.8 Å². The third-order valence-electron chi connectivity index (χ3n) is 4.89. The van der Waals surface area contributed by atoms with Gasteiger partial charge in [-0.1, -0.05) is 74.0 Å². The van der Waals surface area contributed by atoms with Crippen molar-refractivity contribution >= 4 is 16.6 Å². The van der Waals surface area contributed by atoms with Crippen LogP contribution in [-0.4, -0.2) is 9.91 Å². The molecule has 0 atom stereocenters. The van der Waals surface area contributed by atoms with Crippen LogP contribution in [0.25, 0.3) is 33.3 Å². The summed E-state index contributed by atoms with van der Waals surface area (Å²) in [6.45, 7) is 2.14. The summed E-state index contributed by atoms with van der Waals surface area (Å²) < 4.78 is 0. The summed E-state index contributed by atoms with van der Waals surface area (Å²) in [5.74, 6) is 0. The van der Waals surface area contributed by atoms with Crippen molar-refractivity contribution in [3.05, 3.63) is 94.5 Å².